The molecule has 0 fully saturated rings. The van der Waals surface area contributed by atoms with Crippen molar-refractivity contribution in [2.45, 2.75) is 37.8 Å². The number of thioether (sulfide) groups is 1. The van der Waals surface area contributed by atoms with Gasteiger partial charge in [0.15, 0.2) is 16.7 Å². The van der Waals surface area contributed by atoms with E-state index in [1.807, 2.05) is 31.2 Å². The van der Waals surface area contributed by atoms with Gasteiger partial charge >= 0.3 is 0 Å². The Hall–Kier alpha value is -3.83. The smallest absolute Gasteiger partial charge is 0.267 e. The minimum absolute atomic E-state index is 0.0156. The number of aromatic nitrogens is 2. The summed E-state index contributed by atoms with van der Waals surface area (Å²) in [5.74, 6) is -0.206. The minimum atomic E-state index is -0.382. The van der Waals surface area contributed by atoms with Crippen LogP contribution in [0, 0.1) is 0 Å². The van der Waals surface area contributed by atoms with Crippen molar-refractivity contribution in [1.82, 2.24) is 15.0 Å². The molecule has 4 aromatic rings. The van der Waals surface area contributed by atoms with Crippen molar-refractivity contribution in [3.8, 4) is 22.9 Å². The lowest BCUT2D eigenvalue weighted by Crippen LogP contribution is -2.24. The van der Waals surface area contributed by atoms with Gasteiger partial charge in [0.05, 0.1) is 29.6 Å². The zero-order chi connectivity index (χ0) is 26.6. The number of hydrazone groups is 1. The molecule has 2 aromatic carbocycles. The van der Waals surface area contributed by atoms with Crippen molar-refractivity contribution >= 4 is 45.4 Å². The molecule has 0 saturated heterocycles. The molecule has 1 amide bonds. The molecule has 1 aliphatic carbocycles. The van der Waals surface area contributed by atoms with Gasteiger partial charge in [-0.15, -0.1) is 11.3 Å². The van der Waals surface area contributed by atoms with Gasteiger partial charge in [-0.05, 0) is 86.2 Å². The second-order valence-corrected chi connectivity index (χ2v) is 10.7. The lowest BCUT2D eigenvalue weighted by Gasteiger charge is -2.14. The molecule has 2 aromatic heterocycles. The normalized spacial score (nSPS) is 13.1. The first kappa shape index (κ1) is 25.8. The number of carbonyl (C=O) groups is 1. The molecular weight excluding hydrogens is 524 g/mol. The van der Waals surface area contributed by atoms with Crippen molar-refractivity contribution in [1.29, 1.82) is 0 Å². The third kappa shape index (κ3) is 5.39. The van der Waals surface area contributed by atoms with Gasteiger partial charge in [0.1, 0.15) is 10.6 Å². The van der Waals surface area contributed by atoms with Crippen LogP contribution in [0.1, 0.15) is 35.8 Å². The third-order valence-corrected chi connectivity index (χ3v) is 8.22. The number of rotatable bonds is 8. The van der Waals surface area contributed by atoms with Crippen LogP contribution < -0.4 is 15.7 Å². The van der Waals surface area contributed by atoms with Gasteiger partial charge in [-0.25, -0.2) is 10.4 Å². The number of ether oxygens (including phenoxy) is 1. The lowest BCUT2D eigenvalue weighted by atomic mass is 9.97. The highest BCUT2D eigenvalue weighted by molar-refractivity contribution is 7.99. The lowest BCUT2D eigenvalue weighted by molar-refractivity contribution is -0.118. The fraction of sp³-hybridized carbons (Fsp3) is 0.259. The zero-order valence-corrected chi connectivity index (χ0v) is 22.3. The van der Waals surface area contributed by atoms with Gasteiger partial charge in [-0.1, -0.05) is 11.8 Å². The Morgan fingerprint density at radius 1 is 1.18 bits per heavy atom. The van der Waals surface area contributed by atoms with E-state index in [1.54, 1.807) is 22.0 Å². The van der Waals surface area contributed by atoms with E-state index >= 15 is 0 Å². The van der Waals surface area contributed by atoms with Crippen LogP contribution >= 0.6 is 23.1 Å². The number of aryl methyl sites for hydroxylation is 2. The molecule has 0 bridgehead atoms. The summed E-state index contributed by atoms with van der Waals surface area (Å²) in [6.45, 7) is 2.45. The number of phenols is 2. The van der Waals surface area contributed by atoms with Crippen LogP contribution in [-0.4, -0.2) is 44.2 Å². The fourth-order valence-corrected chi connectivity index (χ4v) is 6.44. The van der Waals surface area contributed by atoms with Crippen molar-refractivity contribution in [3.05, 3.63) is 68.8 Å². The topological polar surface area (TPSA) is 126 Å². The second-order valence-electron chi connectivity index (χ2n) is 8.68. The number of amides is 1. The monoisotopic (exact) mass is 550 g/mol. The highest BCUT2D eigenvalue weighted by Crippen LogP contribution is 2.35. The first-order valence-electron chi connectivity index (χ1n) is 12.2. The van der Waals surface area contributed by atoms with Crippen molar-refractivity contribution < 1.29 is 19.7 Å². The number of carbonyl (C=O) groups excluding carboxylic acids is 1. The number of hydrogen-bond donors (Lipinski definition) is 3. The number of hydrogen-bond acceptors (Lipinski definition) is 9. The number of aromatic hydroxyl groups is 2. The van der Waals surface area contributed by atoms with E-state index in [4.69, 9.17) is 9.72 Å². The van der Waals surface area contributed by atoms with Gasteiger partial charge in [0, 0.05) is 4.88 Å². The Morgan fingerprint density at radius 2 is 1.97 bits per heavy atom. The van der Waals surface area contributed by atoms with Gasteiger partial charge < -0.3 is 14.9 Å². The molecule has 1 aliphatic rings. The first-order valence-corrected chi connectivity index (χ1v) is 14.0. The number of thiophene rings is 1. The Bertz CT molecular complexity index is 1580. The summed E-state index contributed by atoms with van der Waals surface area (Å²) < 4.78 is 7.12. The molecule has 11 heteroatoms. The van der Waals surface area contributed by atoms with E-state index in [1.165, 1.54) is 23.2 Å². The Labute approximate surface area is 226 Å². The van der Waals surface area contributed by atoms with Crippen LogP contribution in [0.15, 0.2) is 57.5 Å². The summed E-state index contributed by atoms with van der Waals surface area (Å²) in [6, 6.07) is 11.5. The summed E-state index contributed by atoms with van der Waals surface area (Å²) in [6.07, 6.45) is 5.36. The van der Waals surface area contributed by atoms with E-state index < -0.39 is 0 Å². The molecule has 0 spiro atoms. The number of nitrogens with one attached hydrogen (secondary N) is 1. The highest BCUT2D eigenvalue weighted by Gasteiger charge is 2.23. The van der Waals surface area contributed by atoms with E-state index in [0.29, 0.717) is 39.0 Å². The third-order valence-electron chi connectivity index (χ3n) is 6.10. The average Bonchev–Trinajstić information content (AvgIpc) is 3.29. The molecule has 0 aliphatic heterocycles. The molecule has 0 radical (unpaired) electrons. The number of phenolic OH excluding ortho intramolecular Hbond substituents is 2. The fourth-order valence-electron chi connectivity index (χ4n) is 4.33. The maximum atomic E-state index is 13.8. The number of fused-ring (bicyclic) bond motifs is 3. The first-order chi connectivity index (χ1) is 18.4. The molecule has 38 heavy (non-hydrogen) atoms. The molecule has 3 N–H and O–H groups in total. The Kier molecular flexibility index (Phi) is 7.66. The molecule has 9 nitrogen and oxygen atoms in total. The van der Waals surface area contributed by atoms with E-state index in [9.17, 15) is 19.8 Å². The highest BCUT2D eigenvalue weighted by atomic mass is 32.2. The summed E-state index contributed by atoms with van der Waals surface area (Å²) in [5, 5.41) is 24.0. The molecule has 196 valence electrons. The van der Waals surface area contributed by atoms with Crippen LogP contribution in [0.25, 0.3) is 15.9 Å². The molecule has 2 heterocycles. The van der Waals surface area contributed by atoms with Gasteiger partial charge in [0.2, 0.25) is 0 Å². The predicted molar refractivity (Wildman–Crippen MR) is 149 cm³/mol. The summed E-state index contributed by atoms with van der Waals surface area (Å²) in [5.41, 5.74) is 4.58. The standard InChI is InChI=1S/C27H26N4O5S2/c1-2-36-18-10-8-17(9-11-18)31-26(35)24-19-5-3-4-6-22(19)38-25(24)29-27(31)37-15-23(34)30-28-14-16-7-12-20(32)21(33)13-16/h7-14,32-33H,2-6,15H2,1H3,(H,30,34)/b28-14+. The summed E-state index contributed by atoms with van der Waals surface area (Å²) in [4.78, 5) is 33.1. The predicted octanol–water partition coefficient (Wildman–Crippen LogP) is 4.38. The summed E-state index contributed by atoms with van der Waals surface area (Å²) >= 11 is 2.73. The van der Waals surface area contributed by atoms with Gasteiger partial charge in [0.25, 0.3) is 11.5 Å². The Morgan fingerprint density at radius 3 is 2.74 bits per heavy atom. The molecule has 0 atom stereocenters. The van der Waals surface area contributed by atoms with Crippen LogP contribution in [-0.2, 0) is 17.6 Å². The average molecular weight is 551 g/mol. The van der Waals surface area contributed by atoms with E-state index in [-0.39, 0.29) is 28.7 Å². The van der Waals surface area contributed by atoms with Crippen LogP contribution in [0.2, 0.25) is 0 Å². The van der Waals surface area contributed by atoms with E-state index in [2.05, 4.69) is 10.5 Å². The van der Waals surface area contributed by atoms with E-state index in [0.717, 1.165) is 43.0 Å². The van der Waals surface area contributed by atoms with Crippen LogP contribution in [0.4, 0.5) is 0 Å². The largest absolute Gasteiger partial charge is 0.504 e. The van der Waals surface area contributed by atoms with Crippen molar-refractivity contribution in [2.24, 2.45) is 5.10 Å². The molecular formula is C27H26N4O5S2. The van der Waals surface area contributed by atoms with Gasteiger partial charge in [-0.3, -0.25) is 14.2 Å². The van der Waals surface area contributed by atoms with Crippen molar-refractivity contribution in [3.63, 3.8) is 0 Å². The van der Waals surface area contributed by atoms with Crippen LogP contribution in [0.5, 0.6) is 17.2 Å². The van der Waals surface area contributed by atoms with Gasteiger partial charge in [-0.2, -0.15) is 5.10 Å². The quantitative estimate of drug-likeness (QED) is 0.0977. The maximum absolute atomic E-state index is 13.8. The maximum Gasteiger partial charge on any atom is 0.267 e. The number of nitrogens with zero attached hydrogens (tertiary/aromatic N) is 3. The Balaban J connectivity index is 1.42. The molecule has 0 saturated carbocycles. The van der Waals surface area contributed by atoms with Crippen molar-refractivity contribution in [2.75, 3.05) is 12.4 Å². The second kappa shape index (κ2) is 11.3. The zero-order valence-electron chi connectivity index (χ0n) is 20.6. The van der Waals surface area contributed by atoms with Crippen LogP contribution in [0.3, 0.4) is 0 Å². The molecule has 0 unspecified atom stereocenters. The summed E-state index contributed by atoms with van der Waals surface area (Å²) in [7, 11) is 0. The SMILES string of the molecule is CCOc1ccc(-n2c(SCC(=O)N/N=C/c3ccc(O)c(O)c3)nc3sc4c(c3c2=O)CCCC4)cc1. The minimum Gasteiger partial charge on any atom is -0.504 e. The number of benzene rings is 2. The molecule has 5 rings (SSSR count).